The first kappa shape index (κ1) is 38.0. The number of rotatable bonds is 0. The van der Waals surface area contributed by atoms with E-state index in [4.69, 9.17) is 0 Å². The van der Waals surface area contributed by atoms with Gasteiger partial charge >= 0.3 is 41.9 Å². The molecule has 0 rings (SSSR count). The standard InChI is InChI=1S/Al.Li.Mg.Sc.Zr.3H/q;+1;+2;;;3*-1. The third-order valence-electron chi connectivity index (χ3n) is 0. The molecule has 0 heterocycles. The molecule has 0 bridgehead atoms. The van der Waals surface area contributed by atoms with Crippen LogP contribution in [-0.4, -0.2) is 40.4 Å². The van der Waals surface area contributed by atoms with Crippen molar-refractivity contribution in [2.24, 2.45) is 0 Å². The Morgan fingerprint density at radius 2 is 1.20 bits per heavy atom. The number of hydrogen-bond donors (Lipinski definition) is 0. The molecule has 0 aromatic carbocycles. The van der Waals surface area contributed by atoms with Gasteiger partial charge in [-0.3, -0.25) is 0 Å². The van der Waals surface area contributed by atoms with Gasteiger partial charge in [0.1, 0.15) is 0 Å². The summed E-state index contributed by atoms with van der Waals surface area (Å²) in [5, 5.41) is 0. The molecule has 0 aliphatic heterocycles. The van der Waals surface area contributed by atoms with E-state index in [1.165, 1.54) is 0 Å². The van der Waals surface area contributed by atoms with Gasteiger partial charge in [0.25, 0.3) is 0 Å². The second-order valence-corrected chi connectivity index (χ2v) is 0. The molecule has 0 fully saturated rings. The summed E-state index contributed by atoms with van der Waals surface area (Å²) < 4.78 is 0. The maximum Gasteiger partial charge on any atom is 2.00 e. The van der Waals surface area contributed by atoms with Crippen LogP contribution in [0.1, 0.15) is 4.28 Å². The average molecular weight is 197 g/mol. The van der Waals surface area contributed by atoms with E-state index >= 15 is 0 Å². The van der Waals surface area contributed by atoms with Crippen LogP contribution in [0, 0.1) is 0 Å². The molecule has 16 valence electrons. The monoisotopic (exact) mass is 196 g/mol. The van der Waals surface area contributed by atoms with Gasteiger partial charge in [-0.25, -0.2) is 0 Å². The van der Waals surface area contributed by atoms with Crippen molar-refractivity contribution in [2.75, 3.05) is 0 Å². The SMILES string of the molecule is [Al].[H-].[H-].[H-].[Li+].[Mg+2].[Sc].[Zr]. The second-order valence-electron chi connectivity index (χ2n) is 0. The average Bonchev–Trinajstić information content (AvgIpc) is 0. The summed E-state index contributed by atoms with van der Waals surface area (Å²) in [5.41, 5.74) is 0. The van der Waals surface area contributed by atoms with Gasteiger partial charge in [0, 0.05) is 69.4 Å². The molecule has 0 spiro atoms. The first-order valence-corrected chi connectivity index (χ1v) is 0. The van der Waals surface area contributed by atoms with Crippen LogP contribution in [0.2, 0.25) is 0 Å². The molecule has 0 atom stereocenters. The van der Waals surface area contributed by atoms with E-state index in [1.54, 1.807) is 0 Å². The zero-order chi connectivity index (χ0) is 0. The molecule has 0 N–H and O–H groups in total. The fourth-order valence-corrected chi connectivity index (χ4v) is 0. The zero-order valence-corrected chi connectivity index (χ0v) is 10.2. The Bertz CT molecular complexity index is 19.2. The summed E-state index contributed by atoms with van der Waals surface area (Å²) in [4.78, 5) is 0. The van der Waals surface area contributed by atoms with Crippen LogP contribution in [0.5, 0.6) is 0 Å². The Labute approximate surface area is 113 Å². The Kier molecular flexibility index (Phi) is 193. The summed E-state index contributed by atoms with van der Waals surface area (Å²) in [7, 11) is 0. The molecule has 4 radical (unpaired) electrons. The van der Waals surface area contributed by atoms with Crippen LogP contribution in [0.25, 0.3) is 0 Å². The fraction of sp³-hybridized carbons (Fsp3) is 0. The molecular weight excluding hydrogens is 194 g/mol. The Morgan fingerprint density at radius 3 is 1.20 bits per heavy atom. The summed E-state index contributed by atoms with van der Waals surface area (Å²) in [6.45, 7) is 0. The molecule has 0 nitrogen and oxygen atoms in total. The van der Waals surface area contributed by atoms with Gasteiger partial charge < -0.3 is 4.28 Å². The topological polar surface area (TPSA) is 0 Å². The van der Waals surface area contributed by atoms with Gasteiger partial charge in [0.15, 0.2) is 0 Å². The molecule has 0 unspecified atom stereocenters. The van der Waals surface area contributed by atoms with Crippen LogP contribution < -0.4 is 18.9 Å². The van der Waals surface area contributed by atoms with Crippen molar-refractivity contribution in [1.29, 1.82) is 0 Å². The van der Waals surface area contributed by atoms with Crippen molar-refractivity contribution in [3.63, 3.8) is 0 Å². The Morgan fingerprint density at radius 1 is 1.20 bits per heavy atom. The first-order valence-electron chi connectivity index (χ1n) is 0. The maximum absolute atomic E-state index is 0. The van der Waals surface area contributed by atoms with Crippen molar-refractivity contribution >= 4 is 40.4 Å². The summed E-state index contributed by atoms with van der Waals surface area (Å²) in [5.74, 6) is 0. The minimum absolute atomic E-state index is 0. The molecule has 5 heavy (non-hydrogen) atoms. The van der Waals surface area contributed by atoms with Crippen LogP contribution in [0.4, 0.5) is 0 Å². The first-order chi connectivity index (χ1) is 0. The third kappa shape index (κ3) is 18.3. The van der Waals surface area contributed by atoms with Crippen molar-refractivity contribution in [1.82, 2.24) is 0 Å². The van der Waals surface area contributed by atoms with Gasteiger partial charge in [-0.2, -0.15) is 0 Å². The van der Waals surface area contributed by atoms with Gasteiger partial charge in [-0.15, -0.1) is 0 Å². The van der Waals surface area contributed by atoms with Gasteiger partial charge in [0.2, 0.25) is 0 Å². The molecule has 0 aromatic rings. The molecule has 5 heteroatoms. The third-order valence-corrected chi connectivity index (χ3v) is 0. The van der Waals surface area contributed by atoms with Crippen molar-refractivity contribution in [3.05, 3.63) is 0 Å². The molecule has 0 saturated heterocycles. The summed E-state index contributed by atoms with van der Waals surface area (Å²) in [6, 6.07) is 0. The van der Waals surface area contributed by atoms with Gasteiger partial charge in [-0.05, 0) is 0 Å². The molecule has 0 saturated carbocycles. The van der Waals surface area contributed by atoms with Crippen molar-refractivity contribution in [3.8, 4) is 0 Å². The smallest absolute Gasteiger partial charge is 1.00 e. The van der Waals surface area contributed by atoms with E-state index in [9.17, 15) is 0 Å². The van der Waals surface area contributed by atoms with E-state index < -0.39 is 0 Å². The van der Waals surface area contributed by atoms with Crippen LogP contribution >= 0.6 is 0 Å². The van der Waals surface area contributed by atoms with E-state index in [0.29, 0.717) is 0 Å². The van der Waals surface area contributed by atoms with Crippen molar-refractivity contribution in [2.45, 2.75) is 0 Å². The minimum atomic E-state index is 0. The molecule has 0 aliphatic carbocycles. The van der Waals surface area contributed by atoms with Crippen LogP contribution in [0.3, 0.4) is 0 Å². The van der Waals surface area contributed by atoms with E-state index in [0.717, 1.165) is 0 Å². The van der Waals surface area contributed by atoms with Gasteiger partial charge in [0.05, 0.1) is 0 Å². The molecular formula is H3AlLiMgScZr. The quantitative estimate of drug-likeness (QED) is 0.355. The van der Waals surface area contributed by atoms with Crippen LogP contribution in [0.15, 0.2) is 0 Å². The predicted molar refractivity (Wildman–Crippen MR) is 14.8 cm³/mol. The zero-order valence-electron chi connectivity index (χ0n) is 6.36. The minimum Gasteiger partial charge on any atom is -1.00 e. The van der Waals surface area contributed by atoms with E-state index in [-0.39, 0.29) is 116 Å². The van der Waals surface area contributed by atoms with E-state index in [1.807, 2.05) is 0 Å². The summed E-state index contributed by atoms with van der Waals surface area (Å²) in [6.07, 6.45) is 0. The summed E-state index contributed by atoms with van der Waals surface area (Å²) >= 11 is 0. The molecule has 0 amide bonds. The normalized spacial score (nSPS) is 0. The second kappa shape index (κ2) is 25.4. The van der Waals surface area contributed by atoms with Gasteiger partial charge in [-0.1, -0.05) is 0 Å². The van der Waals surface area contributed by atoms with E-state index in [2.05, 4.69) is 0 Å². The largest absolute Gasteiger partial charge is 2.00 e. The maximum atomic E-state index is 0. The van der Waals surface area contributed by atoms with Crippen LogP contribution in [-0.2, 0) is 52.0 Å². The number of hydrogen-bond acceptors (Lipinski definition) is 0. The predicted octanol–water partition coefficient (Wildman–Crippen LogP) is -3.43. The molecule has 0 aromatic heterocycles. The Balaban J connectivity index is 0. The Hall–Kier alpha value is 3.65. The van der Waals surface area contributed by atoms with Crippen molar-refractivity contribution < 1.29 is 75.2 Å². The fourth-order valence-electron chi connectivity index (χ4n) is 0. The molecule has 0 aliphatic rings.